The first kappa shape index (κ1) is 15.2. The first-order valence-corrected chi connectivity index (χ1v) is 7.68. The third-order valence-electron chi connectivity index (χ3n) is 4.15. The molecular formula is C14H18BrNO5. The van der Waals surface area contributed by atoms with Crippen molar-refractivity contribution in [2.45, 2.75) is 37.1 Å². The zero-order valence-electron chi connectivity index (χ0n) is 11.3. The Labute approximate surface area is 130 Å². The fourth-order valence-electron chi connectivity index (χ4n) is 3.00. The van der Waals surface area contributed by atoms with E-state index in [1.165, 1.54) is 0 Å². The van der Waals surface area contributed by atoms with Crippen LogP contribution >= 0.6 is 15.9 Å². The molecule has 6 nitrogen and oxygen atoms in total. The van der Waals surface area contributed by atoms with Gasteiger partial charge in [-0.25, -0.2) is 0 Å². The molecule has 116 valence electrons. The molecule has 2 aliphatic rings. The second kappa shape index (κ2) is 5.83. The van der Waals surface area contributed by atoms with E-state index in [1.54, 1.807) is 0 Å². The molecule has 0 spiro atoms. The maximum Gasteiger partial charge on any atom is 0.159 e. The lowest BCUT2D eigenvalue weighted by atomic mass is 9.97. The molecule has 7 heteroatoms. The van der Waals surface area contributed by atoms with Crippen molar-refractivity contribution < 1.29 is 25.2 Å². The number of anilines is 1. The van der Waals surface area contributed by atoms with Gasteiger partial charge in [-0.15, -0.1) is 0 Å². The molecule has 0 aliphatic carbocycles. The van der Waals surface area contributed by atoms with Gasteiger partial charge in [0.2, 0.25) is 0 Å². The number of benzene rings is 1. The molecule has 1 fully saturated rings. The van der Waals surface area contributed by atoms with E-state index in [2.05, 4.69) is 15.9 Å². The Balaban J connectivity index is 1.88. The Morgan fingerprint density at radius 2 is 1.95 bits per heavy atom. The van der Waals surface area contributed by atoms with Crippen LogP contribution in [0.1, 0.15) is 5.56 Å². The number of hydrogen-bond donors (Lipinski definition) is 4. The Hall–Kier alpha value is -0.700. The van der Waals surface area contributed by atoms with Gasteiger partial charge in [0.25, 0.3) is 0 Å². The highest BCUT2D eigenvalue weighted by atomic mass is 79.9. The quantitative estimate of drug-likeness (QED) is 0.574. The summed E-state index contributed by atoms with van der Waals surface area (Å²) in [7, 11) is 0. The molecule has 2 heterocycles. The molecule has 5 atom stereocenters. The van der Waals surface area contributed by atoms with Crippen molar-refractivity contribution in [2.75, 3.05) is 18.1 Å². The molecule has 3 rings (SSSR count). The van der Waals surface area contributed by atoms with Crippen LogP contribution < -0.4 is 4.90 Å². The van der Waals surface area contributed by atoms with E-state index < -0.39 is 37.3 Å². The minimum Gasteiger partial charge on any atom is -0.394 e. The first-order valence-electron chi connectivity index (χ1n) is 6.88. The highest BCUT2D eigenvalue weighted by molar-refractivity contribution is 9.10. The van der Waals surface area contributed by atoms with Crippen molar-refractivity contribution in [1.82, 2.24) is 0 Å². The fraction of sp³-hybridized carbons (Fsp3) is 0.571. The minimum atomic E-state index is -1.35. The van der Waals surface area contributed by atoms with Crippen LogP contribution in [-0.2, 0) is 11.2 Å². The second-order valence-electron chi connectivity index (χ2n) is 5.44. The van der Waals surface area contributed by atoms with Gasteiger partial charge in [0.1, 0.15) is 24.4 Å². The Bertz CT molecular complexity index is 526. The number of halogens is 1. The topological polar surface area (TPSA) is 93.4 Å². The van der Waals surface area contributed by atoms with E-state index in [0.717, 1.165) is 22.1 Å². The number of aliphatic hydroxyl groups excluding tert-OH is 4. The highest BCUT2D eigenvalue weighted by Crippen LogP contribution is 2.35. The zero-order chi connectivity index (χ0) is 15.1. The molecule has 0 aromatic heterocycles. The minimum absolute atomic E-state index is 0.414. The van der Waals surface area contributed by atoms with Crippen LogP contribution in [0.3, 0.4) is 0 Å². The average molecular weight is 360 g/mol. The molecule has 0 unspecified atom stereocenters. The molecule has 0 amide bonds. The summed E-state index contributed by atoms with van der Waals surface area (Å²) in [5.74, 6) is 0. The van der Waals surface area contributed by atoms with E-state index in [9.17, 15) is 20.4 Å². The van der Waals surface area contributed by atoms with Gasteiger partial charge in [0, 0.05) is 16.7 Å². The lowest BCUT2D eigenvalue weighted by Gasteiger charge is -2.44. The zero-order valence-corrected chi connectivity index (χ0v) is 12.8. The van der Waals surface area contributed by atoms with Crippen molar-refractivity contribution >= 4 is 21.6 Å². The predicted molar refractivity (Wildman–Crippen MR) is 79.0 cm³/mol. The summed E-state index contributed by atoms with van der Waals surface area (Å²) in [5.41, 5.74) is 2.06. The van der Waals surface area contributed by atoms with Crippen LogP contribution in [0, 0.1) is 0 Å². The van der Waals surface area contributed by atoms with E-state index in [1.807, 2.05) is 23.1 Å². The smallest absolute Gasteiger partial charge is 0.159 e. The van der Waals surface area contributed by atoms with Gasteiger partial charge in [0.15, 0.2) is 6.23 Å². The van der Waals surface area contributed by atoms with E-state index >= 15 is 0 Å². The number of aliphatic hydroxyl groups is 4. The van der Waals surface area contributed by atoms with Gasteiger partial charge in [-0.2, -0.15) is 0 Å². The molecule has 21 heavy (non-hydrogen) atoms. The highest BCUT2D eigenvalue weighted by Gasteiger charge is 2.46. The first-order chi connectivity index (χ1) is 10.0. The standard InChI is InChI=1S/C14H18BrNO5/c15-8-1-2-9-7(5-8)3-4-16(9)14-13(20)12(19)11(18)10(6-17)21-14/h1-2,5,10-14,17-20H,3-4,6H2/t10-,11-,12+,13-,14-/m1/s1. The molecule has 0 bridgehead atoms. The Morgan fingerprint density at radius 3 is 2.67 bits per heavy atom. The van der Waals surface area contributed by atoms with Gasteiger partial charge < -0.3 is 30.1 Å². The summed E-state index contributed by atoms with van der Waals surface area (Å²) in [6.07, 6.45) is -4.77. The van der Waals surface area contributed by atoms with Gasteiger partial charge in [-0.1, -0.05) is 15.9 Å². The van der Waals surface area contributed by atoms with Gasteiger partial charge in [0.05, 0.1) is 6.61 Å². The third-order valence-corrected chi connectivity index (χ3v) is 4.64. The molecule has 1 saturated heterocycles. The fourth-order valence-corrected chi connectivity index (χ4v) is 3.41. The van der Waals surface area contributed by atoms with Crippen molar-refractivity contribution in [3.05, 3.63) is 28.2 Å². The number of rotatable bonds is 2. The molecule has 1 aromatic rings. The van der Waals surface area contributed by atoms with Crippen molar-refractivity contribution in [3.8, 4) is 0 Å². The lowest BCUT2D eigenvalue weighted by Crippen LogP contribution is -2.63. The maximum absolute atomic E-state index is 10.2. The monoisotopic (exact) mass is 359 g/mol. The molecule has 4 N–H and O–H groups in total. The lowest BCUT2D eigenvalue weighted by molar-refractivity contribution is -0.228. The third kappa shape index (κ3) is 2.58. The summed E-state index contributed by atoms with van der Waals surface area (Å²) in [6.45, 7) is 0.233. The van der Waals surface area contributed by atoms with E-state index in [-0.39, 0.29) is 0 Å². The summed E-state index contributed by atoms with van der Waals surface area (Å²) in [5, 5.41) is 39.2. The number of hydrogen-bond acceptors (Lipinski definition) is 6. The number of nitrogens with zero attached hydrogens (tertiary/aromatic N) is 1. The number of ether oxygens (including phenoxy) is 1. The molecule has 2 aliphatic heterocycles. The molecular weight excluding hydrogens is 342 g/mol. The summed E-state index contributed by atoms with van der Waals surface area (Å²) in [6, 6.07) is 5.84. The van der Waals surface area contributed by atoms with E-state index in [0.29, 0.717) is 6.54 Å². The van der Waals surface area contributed by atoms with Crippen molar-refractivity contribution in [1.29, 1.82) is 0 Å². The Kier molecular flexibility index (Phi) is 4.22. The maximum atomic E-state index is 10.2. The van der Waals surface area contributed by atoms with Crippen molar-refractivity contribution in [2.24, 2.45) is 0 Å². The van der Waals surface area contributed by atoms with Crippen LogP contribution in [0.15, 0.2) is 22.7 Å². The number of fused-ring (bicyclic) bond motifs is 1. The summed E-state index contributed by atoms with van der Waals surface area (Å²) < 4.78 is 6.59. The van der Waals surface area contributed by atoms with Gasteiger partial charge in [-0.3, -0.25) is 0 Å². The van der Waals surface area contributed by atoms with Crippen molar-refractivity contribution in [3.63, 3.8) is 0 Å². The van der Waals surface area contributed by atoms with Crippen LogP contribution in [0.25, 0.3) is 0 Å². The van der Waals surface area contributed by atoms with E-state index in [4.69, 9.17) is 4.74 Å². The van der Waals surface area contributed by atoms with Crippen LogP contribution in [-0.4, -0.2) is 64.2 Å². The van der Waals surface area contributed by atoms with Crippen LogP contribution in [0.2, 0.25) is 0 Å². The molecule has 0 radical (unpaired) electrons. The van der Waals surface area contributed by atoms with Crippen LogP contribution in [0.4, 0.5) is 5.69 Å². The second-order valence-corrected chi connectivity index (χ2v) is 6.35. The average Bonchev–Trinajstić information content (AvgIpc) is 2.88. The van der Waals surface area contributed by atoms with Gasteiger partial charge in [-0.05, 0) is 30.2 Å². The summed E-state index contributed by atoms with van der Waals surface area (Å²) in [4.78, 5) is 1.87. The SMILES string of the molecule is OC[C@H]1O[C@@H](N2CCc3cc(Br)ccc32)[C@H](O)[C@@H](O)[C@@H]1O. The predicted octanol–water partition coefficient (Wildman–Crippen LogP) is -0.389. The molecule has 0 saturated carbocycles. The van der Waals surface area contributed by atoms with Crippen LogP contribution in [0.5, 0.6) is 0 Å². The summed E-state index contributed by atoms with van der Waals surface area (Å²) >= 11 is 3.43. The molecule has 1 aromatic carbocycles. The normalized spacial score (nSPS) is 35.9. The van der Waals surface area contributed by atoms with Gasteiger partial charge >= 0.3 is 0 Å². The Morgan fingerprint density at radius 1 is 1.19 bits per heavy atom. The largest absolute Gasteiger partial charge is 0.394 e.